The molecule has 0 aliphatic heterocycles. The molecule has 0 aromatic heterocycles. The van der Waals surface area contributed by atoms with Gasteiger partial charge in [-0.05, 0) is 18.4 Å². The van der Waals surface area contributed by atoms with Crippen molar-refractivity contribution >= 4 is 5.69 Å². The van der Waals surface area contributed by atoms with Gasteiger partial charge in [0, 0.05) is 6.07 Å². The molecule has 5 nitrogen and oxygen atoms in total. The van der Waals surface area contributed by atoms with Crippen molar-refractivity contribution in [3.8, 4) is 11.5 Å². The molecule has 0 aliphatic carbocycles. The van der Waals surface area contributed by atoms with E-state index in [0.29, 0.717) is 24.0 Å². The Morgan fingerprint density at radius 2 is 2.06 bits per heavy atom. The van der Waals surface area contributed by atoms with E-state index in [0.717, 1.165) is 6.42 Å². The standard InChI is InChI=1S/C12H17NO4/c1-9(2)6-7-17-12-8-10(13(14)15)4-5-11(12)16-3/h4-5,8-9H,6-7H2,1-3H3. The number of ether oxygens (including phenoxy) is 2. The van der Waals surface area contributed by atoms with E-state index < -0.39 is 4.92 Å². The number of non-ortho nitro benzene ring substituents is 1. The zero-order chi connectivity index (χ0) is 12.8. The molecule has 94 valence electrons. The fourth-order valence-corrected chi connectivity index (χ4v) is 1.30. The van der Waals surface area contributed by atoms with Gasteiger partial charge in [0.1, 0.15) is 0 Å². The van der Waals surface area contributed by atoms with Crippen LogP contribution in [0.3, 0.4) is 0 Å². The lowest BCUT2D eigenvalue weighted by Gasteiger charge is -2.11. The van der Waals surface area contributed by atoms with Crippen LogP contribution in [0.25, 0.3) is 0 Å². The lowest BCUT2D eigenvalue weighted by Crippen LogP contribution is -2.03. The van der Waals surface area contributed by atoms with Gasteiger partial charge in [-0.25, -0.2) is 0 Å². The summed E-state index contributed by atoms with van der Waals surface area (Å²) in [6.45, 7) is 4.71. The first-order valence-electron chi connectivity index (χ1n) is 5.49. The lowest BCUT2D eigenvalue weighted by atomic mass is 10.1. The summed E-state index contributed by atoms with van der Waals surface area (Å²) < 4.78 is 10.6. The molecule has 0 heterocycles. The Morgan fingerprint density at radius 1 is 1.35 bits per heavy atom. The monoisotopic (exact) mass is 239 g/mol. The average Bonchev–Trinajstić information content (AvgIpc) is 2.28. The minimum absolute atomic E-state index is 0.00495. The second-order valence-corrected chi connectivity index (χ2v) is 4.12. The van der Waals surface area contributed by atoms with Gasteiger partial charge in [-0.15, -0.1) is 0 Å². The SMILES string of the molecule is COc1ccc([N+](=O)[O-])cc1OCCC(C)C. The summed E-state index contributed by atoms with van der Waals surface area (Å²) in [5, 5.41) is 10.6. The first-order valence-corrected chi connectivity index (χ1v) is 5.49. The number of nitro benzene ring substituents is 1. The van der Waals surface area contributed by atoms with Crippen LogP contribution in [-0.4, -0.2) is 18.6 Å². The van der Waals surface area contributed by atoms with Crippen molar-refractivity contribution in [3.05, 3.63) is 28.3 Å². The number of rotatable bonds is 6. The molecule has 1 aromatic carbocycles. The van der Waals surface area contributed by atoms with Crippen LogP contribution in [0.5, 0.6) is 11.5 Å². The molecular formula is C12H17NO4. The molecule has 0 atom stereocenters. The van der Waals surface area contributed by atoms with Gasteiger partial charge >= 0.3 is 0 Å². The van der Waals surface area contributed by atoms with Crippen LogP contribution in [0, 0.1) is 16.0 Å². The largest absolute Gasteiger partial charge is 0.493 e. The summed E-state index contributed by atoms with van der Waals surface area (Å²) in [5.74, 6) is 1.46. The van der Waals surface area contributed by atoms with Crippen LogP contribution in [0.15, 0.2) is 18.2 Å². The Morgan fingerprint density at radius 3 is 2.59 bits per heavy atom. The number of nitro groups is 1. The molecule has 0 radical (unpaired) electrons. The van der Waals surface area contributed by atoms with Crippen molar-refractivity contribution in [3.63, 3.8) is 0 Å². The topological polar surface area (TPSA) is 61.6 Å². The van der Waals surface area contributed by atoms with Crippen molar-refractivity contribution in [2.45, 2.75) is 20.3 Å². The zero-order valence-corrected chi connectivity index (χ0v) is 10.3. The minimum atomic E-state index is -0.450. The van der Waals surface area contributed by atoms with Crippen molar-refractivity contribution in [1.29, 1.82) is 0 Å². The Kier molecular flexibility index (Phi) is 4.75. The Bertz CT molecular complexity index is 390. The third kappa shape index (κ3) is 3.94. The summed E-state index contributed by atoms with van der Waals surface area (Å²) in [5.41, 5.74) is 0.00495. The quantitative estimate of drug-likeness (QED) is 0.565. The van der Waals surface area contributed by atoms with Gasteiger partial charge in [-0.2, -0.15) is 0 Å². The molecule has 0 N–H and O–H groups in total. The maximum atomic E-state index is 10.6. The fourth-order valence-electron chi connectivity index (χ4n) is 1.30. The van der Waals surface area contributed by atoms with Crippen LogP contribution in [0.1, 0.15) is 20.3 Å². The molecule has 0 fully saturated rings. The molecule has 1 rings (SSSR count). The molecular weight excluding hydrogens is 222 g/mol. The van der Waals surface area contributed by atoms with E-state index >= 15 is 0 Å². The fraction of sp³-hybridized carbons (Fsp3) is 0.500. The summed E-state index contributed by atoms with van der Waals surface area (Å²) in [6.07, 6.45) is 0.895. The highest BCUT2D eigenvalue weighted by molar-refractivity contribution is 5.48. The third-order valence-corrected chi connectivity index (χ3v) is 2.31. The number of nitrogens with zero attached hydrogens (tertiary/aromatic N) is 1. The van der Waals surface area contributed by atoms with E-state index in [4.69, 9.17) is 9.47 Å². The van der Waals surface area contributed by atoms with Crippen molar-refractivity contribution in [2.24, 2.45) is 5.92 Å². The summed E-state index contributed by atoms with van der Waals surface area (Å²) in [7, 11) is 1.51. The molecule has 0 saturated carbocycles. The number of methoxy groups -OCH3 is 1. The highest BCUT2D eigenvalue weighted by Crippen LogP contribution is 2.31. The van der Waals surface area contributed by atoms with Crippen LogP contribution in [-0.2, 0) is 0 Å². The van der Waals surface area contributed by atoms with Gasteiger partial charge in [0.2, 0.25) is 0 Å². The predicted molar refractivity (Wildman–Crippen MR) is 64.6 cm³/mol. The van der Waals surface area contributed by atoms with Gasteiger partial charge < -0.3 is 9.47 Å². The molecule has 5 heteroatoms. The number of benzene rings is 1. The maximum Gasteiger partial charge on any atom is 0.273 e. The Hall–Kier alpha value is -1.78. The van der Waals surface area contributed by atoms with Gasteiger partial charge in [-0.3, -0.25) is 10.1 Å². The average molecular weight is 239 g/mol. The Labute approximate surface area is 101 Å². The van der Waals surface area contributed by atoms with Crippen LogP contribution >= 0.6 is 0 Å². The predicted octanol–water partition coefficient (Wildman–Crippen LogP) is 3.03. The molecule has 0 aliphatic rings. The highest BCUT2D eigenvalue weighted by Gasteiger charge is 2.12. The van der Waals surface area contributed by atoms with Gasteiger partial charge in [0.05, 0.1) is 24.7 Å². The number of hydrogen-bond donors (Lipinski definition) is 0. The first-order chi connectivity index (χ1) is 8.04. The van der Waals surface area contributed by atoms with E-state index in [1.54, 1.807) is 6.07 Å². The molecule has 0 saturated heterocycles. The van der Waals surface area contributed by atoms with Gasteiger partial charge in [-0.1, -0.05) is 13.8 Å². The molecule has 1 aromatic rings. The van der Waals surface area contributed by atoms with Gasteiger partial charge in [0.25, 0.3) is 5.69 Å². The second kappa shape index (κ2) is 6.08. The highest BCUT2D eigenvalue weighted by atomic mass is 16.6. The third-order valence-electron chi connectivity index (χ3n) is 2.31. The summed E-state index contributed by atoms with van der Waals surface area (Å²) in [6, 6.07) is 4.33. The Balaban J connectivity index is 2.79. The van der Waals surface area contributed by atoms with Crippen molar-refractivity contribution in [1.82, 2.24) is 0 Å². The summed E-state index contributed by atoms with van der Waals surface area (Å²) in [4.78, 5) is 10.2. The first kappa shape index (κ1) is 13.3. The van der Waals surface area contributed by atoms with Crippen LogP contribution in [0.2, 0.25) is 0 Å². The lowest BCUT2D eigenvalue weighted by molar-refractivity contribution is -0.385. The van der Waals surface area contributed by atoms with E-state index in [1.807, 2.05) is 0 Å². The zero-order valence-electron chi connectivity index (χ0n) is 10.3. The normalized spacial score (nSPS) is 10.4. The van der Waals surface area contributed by atoms with Crippen LogP contribution in [0.4, 0.5) is 5.69 Å². The van der Waals surface area contributed by atoms with Crippen molar-refractivity contribution in [2.75, 3.05) is 13.7 Å². The summed E-state index contributed by atoms with van der Waals surface area (Å²) >= 11 is 0. The smallest absolute Gasteiger partial charge is 0.273 e. The van der Waals surface area contributed by atoms with Gasteiger partial charge in [0.15, 0.2) is 11.5 Å². The molecule has 17 heavy (non-hydrogen) atoms. The van der Waals surface area contributed by atoms with Crippen molar-refractivity contribution < 1.29 is 14.4 Å². The van der Waals surface area contributed by atoms with E-state index in [-0.39, 0.29) is 5.69 Å². The minimum Gasteiger partial charge on any atom is -0.493 e. The number of hydrogen-bond acceptors (Lipinski definition) is 4. The van der Waals surface area contributed by atoms with E-state index in [2.05, 4.69) is 13.8 Å². The molecule has 0 bridgehead atoms. The second-order valence-electron chi connectivity index (χ2n) is 4.12. The van der Waals surface area contributed by atoms with E-state index in [9.17, 15) is 10.1 Å². The van der Waals surface area contributed by atoms with Crippen LogP contribution < -0.4 is 9.47 Å². The molecule has 0 spiro atoms. The maximum absolute atomic E-state index is 10.6. The molecule has 0 unspecified atom stereocenters. The van der Waals surface area contributed by atoms with E-state index in [1.165, 1.54) is 19.2 Å². The molecule has 0 amide bonds.